The summed E-state index contributed by atoms with van der Waals surface area (Å²) in [5.41, 5.74) is 0. The summed E-state index contributed by atoms with van der Waals surface area (Å²) in [5, 5.41) is 6.10. The molecule has 13 heavy (non-hydrogen) atoms. The fourth-order valence-electron chi connectivity index (χ4n) is 1.17. The van der Waals surface area contributed by atoms with Crippen molar-refractivity contribution in [3.63, 3.8) is 0 Å². The molecule has 0 aromatic rings. The van der Waals surface area contributed by atoms with E-state index < -0.39 is 0 Å². The number of quaternary nitrogens is 1. The normalized spacial score (nSPS) is 12.0. The molecule has 0 atom stereocenters. The van der Waals surface area contributed by atoms with Crippen LogP contribution in [0, 0.1) is 0 Å². The van der Waals surface area contributed by atoms with Crippen molar-refractivity contribution in [2.75, 3.05) is 20.6 Å². The quantitative estimate of drug-likeness (QED) is 0.351. The smallest absolute Gasteiger partial charge is 0.103 e. The van der Waals surface area contributed by atoms with Crippen LogP contribution in [0.1, 0.15) is 26.7 Å². The lowest BCUT2D eigenvalue weighted by Gasteiger charge is -2.34. The lowest BCUT2D eigenvalue weighted by Crippen LogP contribution is -2.49. The minimum Gasteiger partial charge on any atom is -0.205 e. The minimum absolute atomic E-state index is 0.738. The molecule has 0 aliphatic heterocycles. The van der Waals surface area contributed by atoms with E-state index in [1.165, 1.54) is 12.8 Å². The number of rotatable bonds is 6. The largest absolute Gasteiger partial charge is 0.205 e. The second kappa shape index (κ2) is 5.75. The third-order valence-corrected chi connectivity index (χ3v) is 2.01. The molecule has 0 spiro atoms. The van der Waals surface area contributed by atoms with Crippen LogP contribution in [0.15, 0.2) is 17.9 Å². The third-order valence-electron chi connectivity index (χ3n) is 2.01. The number of unbranched alkanes of at least 4 members (excludes halogenated alkanes) is 1. The Bertz CT molecular complexity index is 173. The fourth-order valence-corrected chi connectivity index (χ4v) is 1.17. The van der Waals surface area contributed by atoms with Crippen LogP contribution in [0.3, 0.4) is 0 Å². The Balaban J connectivity index is 4.28. The Morgan fingerprint density at radius 2 is 2.08 bits per heavy atom. The highest BCUT2D eigenvalue weighted by molar-refractivity contribution is 5.52. The molecule has 0 bridgehead atoms. The van der Waals surface area contributed by atoms with Gasteiger partial charge in [-0.15, -0.1) is 10.2 Å². The SMILES string of the molecule is C=CN(N=CC)[N+](C)(C)CCCC. The van der Waals surface area contributed by atoms with Crippen LogP contribution in [-0.4, -0.2) is 36.6 Å². The summed E-state index contributed by atoms with van der Waals surface area (Å²) in [7, 11) is 4.26. The molecule has 0 radical (unpaired) electrons. The van der Waals surface area contributed by atoms with Crippen molar-refractivity contribution in [1.29, 1.82) is 0 Å². The van der Waals surface area contributed by atoms with E-state index in [0.717, 1.165) is 11.1 Å². The average Bonchev–Trinajstić information content (AvgIpc) is 2.10. The highest BCUT2D eigenvalue weighted by Crippen LogP contribution is 2.08. The van der Waals surface area contributed by atoms with E-state index >= 15 is 0 Å². The van der Waals surface area contributed by atoms with Gasteiger partial charge in [-0.3, -0.25) is 0 Å². The van der Waals surface area contributed by atoms with Gasteiger partial charge in [-0.05, 0) is 13.3 Å². The maximum atomic E-state index is 4.23. The molecular formula is C10H22N3+. The van der Waals surface area contributed by atoms with E-state index in [1.54, 1.807) is 12.4 Å². The molecule has 0 aromatic heterocycles. The van der Waals surface area contributed by atoms with Gasteiger partial charge in [0, 0.05) is 6.21 Å². The van der Waals surface area contributed by atoms with E-state index in [0.29, 0.717) is 0 Å². The molecule has 0 aliphatic carbocycles. The van der Waals surface area contributed by atoms with E-state index in [9.17, 15) is 0 Å². The van der Waals surface area contributed by atoms with Crippen LogP contribution in [0.5, 0.6) is 0 Å². The van der Waals surface area contributed by atoms with Crippen molar-refractivity contribution in [2.45, 2.75) is 26.7 Å². The zero-order chi connectivity index (χ0) is 10.3. The first-order valence-electron chi connectivity index (χ1n) is 4.82. The van der Waals surface area contributed by atoms with E-state index in [-0.39, 0.29) is 0 Å². The molecule has 3 heteroatoms. The van der Waals surface area contributed by atoms with Gasteiger partial charge in [-0.1, -0.05) is 19.9 Å². The van der Waals surface area contributed by atoms with E-state index in [4.69, 9.17) is 0 Å². The summed E-state index contributed by atoms with van der Waals surface area (Å²) >= 11 is 0. The van der Waals surface area contributed by atoms with Gasteiger partial charge in [0.2, 0.25) is 0 Å². The monoisotopic (exact) mass is 184 g/mol. The molecule has 0 amide bonds. The predicted octanol–water partition coefficient (Wildman–Crippen LogP) is 2.23. The Labute approximate surface area is 81.9 Å². The first kappa shape index (κ1) is 12.2. The molecule has 0 N–H and O–H groups in total. The standard InChI is InChI=1S/C10H22N3/c1-6-9-10-13(4,5)12(8-3)11-7-2/h7-8H,3,6,9-10H2,1-2,4-5H3/q+1. The van der Waals surface area contributed by atoms with Crippen molar-refractivity contribution in [1.82, 2.24) is 5.12 Å². The van der Waals surface area contributed by atoms with Gasteiger partial charge >= 0.3 is 0 Å². The molecule has 3 nitrogen and oxygen atoms in total. The van der Waals surface area contributed by atoms with Crippen molar-refractivity contribution < 1.29 is 4.59 Å². The molecule has 0 rings (SSSR count). The van der Waals surface area contributed by atoms with Gasteiger partial charge in [0.25, 0.3) is 0 Å². The minimum atomic E-state index is 0.738. The third kappa shape index (κ3) is 4.08. The summed E-state index contributed by atoms with van der Waals surface area (Å²) < 4.78 is 0.738. The van der Waals surface area contributed by atoms with Crippen LogP contribution in [-0.2, 0) is 0 Å². The van der Waals surface area contributed by atoms with Gasteiger partial charge in [0.05, 0.1) is 20.3 Å². The van der Waals surface area contributed by atoms with Crippen LogP contribution in [0.25, 0.3) is 0 Å². The van der Waals surface area contributed by atoms with Gasteiger partial charge in [-0.2, -0.15) is 0 Å². The van der Waals surface area contributed by atoms with Gasteiger partial charge in [0.15, 0.2) is 0 Å². The lowest BCUT2D eigenvalue weighted by atomic mass is 10.3. The number of hydrogen-bond donors (Lipinski definition) is 0. The van der Waals surface area contributed by atoms with Crippen LogP contribution in [0.2, 0.25) is 0 Å². The highest BCUT2D eigenvalue weighted by Gasteiger charge is 2.20. The zero-order valence-electron chi connectivity index (χ0n) is 9.32. The number of hydrogen-bond acceptors (Lipinski definition) is 2. The number of hydrazone groups is 1. The summed E-state index contributed by atoms with van der Waals surface area (Å²) in [6.07, 6.45) is 5.96. The van der Waals surface area contributed by atoms with Gasteiger partial charge in [-0.25, -0.2) is 4.59 Å². The second-order valence-corrected chi connectivity index (χ2v) is 3.57. The summed E-state index contributed by atoms with van der Waals surface area (Å²) in [6, 6.07) is 0. The Hall–Kier alpha value is -0.830. The highest BCUT2D eigenvalue weighted by atomic mass is 15.8. The maximum absolute atomic E-state index is 4.23. The van der Waals surface area contributed by atoms with Crippen molar-refractivity contribution in [3.8, 4) is 0 Å². The molecule has 0 fully saturated rings. The second-order valence-electron chi connectivity index (χ2n) is 3.57. The molecule has 76 valence electrons. The van der Waals surface area contributed by atoms with Crippen molar-refractivity contribution >= 4 is 6.21 Å². The number of nitrogens with zero attached hydrogens (tertiary/aromatic N) is 3. The Morgan fingerprint density at radius 3 is 2.46 bits per heavy atom. The topological polar surface area (TPSA) is 15.6 Å². The average molecular weight is 184 g/mol. The van der Waals surface area contributed by atoms with Crippen LogP contribution < -0.4 is 0 Å². The van der Waals surface area contributed by atoms with Crippen molar-refractivity contribution in [2.24, 2.45) is 5.10 Å². The first-order chi connectivity index (χ1) is 6.08. The molecule has 0 aliphatic rings. The van der Waals surface area contributed by atoms with Crippen LogP contribution >= 0.6 is 0 Å². The molecule has 0 saturated heterocycles. The lowest BCUT2D eigenvalue weighted by molar-refractivity contribution is -0.996. The summed E-state index contributed by atoms with van der Waals surface area (Å²) in [6.45, 7) is 8.94. The van der Waals surface area contributed by atoms with Crippen molar-refractivity contribution in [3.05, 3.63) is 12.8 Å². The first-order valence-corrected chi connectivity index (χ1v) is 4.82. The Kier molecular flexibility index (Phi) is 5.39. The Morgan fingerprint density at radius 1 is 1.46 bits per heavy atom. The van der Waals surface area contributed by atoms with Gasteiger partial charge in [0.1, 0.15) is 6.54 Å². The van der Waals surface area contributed by atoms with E-state index in [2.05, 4.69) is 32.7 Å². The summed E-state index contributed by atoms with van der Waals surface area (Å²) in [5.74, 6) is 0. The molecule has 0 saturated carbocycles. The molecule has 0 unspecified atom stereocenters. The van der Waals surface area contributed by atoms with E-state index in [1.807, 2.05) is 12.0 Å². The summed E-state index contributed by atoms with van der Waals surface area (Å²) in [4.78, 5) is 0. The van der Waals surface area contributed by atoms with Crippen LogP contribution in [0.4, 0.5) is 0 Å². The molecule has 0 aromatic carbocycles. The molecule has 0 heterocycles. The zero-order valence-corrected chi connectivity index (χ0v) is 9.32. The maximum Gasteiger partial charge on any atom is 0.103 e. The fraction of sp³-hybridized carbons (Fsp3) is 0.700. The predicted molar refractivity (Wildman–Crippen MR) is 58.1 cm³/mol. The molecular weight excluding hydrogens is 162 g/mol. The van der Waals surface area contributed by atoms with Gasteiger partial charge < -0.3 is 0 Å².